The summed E-state index contributed by atoms with van der Waals surface area (Å²) in [5.41, 5.74) is 8.17. The van der Waals surface area contributed by atoms with E-state index in [0.29, 0.717) is 6.61 Å². The standard InChI is InChI=1S/C28H34O7Si2/c1-8-31-21-26(32-34-27(29)22-13-17-24(18-14-22)36(6,9-2)10-3)33-35-28(30)23-15-19-25(20-16-23)37(7,11-4)12-5/h9-20,26H,2-5,8,21H2,1,6-7H3. The fraction of sp³-hybridized carbons (Fsp3) is 0.214. The molecule has 0 saturated carbocycles. The lowest BCUT2D eigenvalue weighted by Crippen LogP contribution is -2.40. The molecule has 0 unspecified atom stereocenters. The van der Waals surface area contributed by atoms with Crippen LogP contribution >= 0.6 is 0 Å². The van der Waals surface area contributed by atoms with Gasteiger partial charge in [0.1, 0.15) is 22.8 Å². The molecule has 9 heteroatoms. The maximum absolute atomic E-state index is 12.5. The molecule has 196 valence electrons. The van der Waals surface area contributed by atoms with Crippen LogP contribution in [0.3, 0.4) is 0 Å². The van der Waals surface area contributed by atoms with E-state index in [1.807, 2.05) is 47.1 Å². The number of hydrogen-bond acceptors (Lipinski definition) is 7. The Balaban J connectivity index is 1.99. The summed E-state index contributed by atoms with van der Waals surface area (Å²) < 4.78 is 5.27. The van der Waals surface area contributed by atoms with Gasteiger partial charge in [0.25, 0.3) is 6.29 Å². The van der Waals surface area contributed by atoms with Gasteiger partial charge in [0, 0.05) is 6.61 Å². The van der Waals surface area contributed by atoms with E-state index in [1.165, 1.54) is 0 Å². The van der Waals surface area contributed by atoms with Gasteiger partial charge < -0.3 is 4.74 Å². The van der Waals surface area contributed by atoms with Crippen LogP contribution in [0.5, 0.6) is 0 Å². The van der Waals surface area contributed by atoms with E-state index < -0.39 is 34.4 Å². The first kappa shape index (κ1) is 29.9. The molecule has 0 heterocycles. The molecular weight excluding hydrogens is 504 g/mol. The van der Waals surface area contributed by atoms with Crippen LogP contribution in [0.4, 0.5) is 0 Å². The SMILES string of the molecule is C=C[Si](C)(C=C)c1ccc(C(=O)OOC(COCC)OOC(=O)c2ccc([Si](C)(C=C)C=C)cc2)cc1. The second kappa shape index (κ2) is 13.8. The van der Waals surface area contributed by atoms with Gasteiger partial charge in [0.15, 0.2) is 0 Å². The third-order valence-corrected chi connectivity index (χ3v) is 12.6. The lowest BCUT2D eigenvalue weighted by molar-refractivity contribution is -0.426. The van der Waals surface area contributed by atoms with Crippen molar-refractivity contribution in [3.63, 3.8) is 0 Å². The molecule has 0 radical (unpaired) electrons. The van der Waals surface area contributed by atoms with Gasteiger partial charge in [0.2, 0.25) is 0 Å². The molecular formula is C28H34O7Si2. The van der Waals surface area contributed by atoms with Gasteiger partial charge in [-0.15, -0.1) is 36.1 Å². The van der Waals surface area contributed by atoms with Gasteiger partial charge >= 0.3 is 11.9 Å². The number of benzene rings is 2. The number of ether oxygens (including phenoxy) is 1. The molecule has 0 N–H and O–H groups in total. The Hall–Kier alpha value is -3.35. The summed E-state index contributed by atoms with van der Waals surface area (Å²) in [7, 11) is -3.99. The molecule has 2 aromatic rings. The normalized spacial score (nSPS) is 11.5. The molecule has 0 spiro atoms. The van der Waals surface area contributed by atoms with Crippen molar-refractivity contribution < 1.29 is 33.9 Å². The highest BCUT2D eigenvalue weighted by atomic mass is 28.3. The minimum atomic E-state index is -2.00. The van der Waals surface area contributed by atoms with Crippen LogP contribution in [-0.4, -0.2) is 47.6 Å². The predicted molar refractivity (Wildman–Crippen MR) is 149 cm³/mol. The second-order valence-corrected chi connectivity index (χ2v) is 16.5. The highest BCUT2D eigenvalue weighted by Crippen LogP contribution is 2.12. The molecule has 0 aliphatic heterocycles. The van der Waals surface area contributed by atoms with Gasteiger partial charge in [0.05, 0.1) is 11.1 Å². The molecule has 7 nitrogen and oxygen atoms in total. The zero-order valence-corrected chi connectivity index (χ0v) is 23.6. The van der Waals surface area contributed by atoms with E-state index in [1.54, 1.807) is 31.2 Å². The van der Waals surface area contributed by atoms with Gasteiger partial charge in [-0.3, -0.25) is 9.78 Å². The fourth-order valence-electron chi connectivity index (χ4n) is 3.15. The van der Waals surface area contributed by atoms with Crippen molar-refractivity contribution in [1.29, 1.82) is 0 Å². The molecule has 0 bridgehead atoms. The van der Waals surface area contributed by atoms with E-state index in [9.17, 15) is 9.59 Å². The Morgan fingerprint density at radius 3 is 1.38 bits per heavy atom. The largest absolute Gasteiger partial charge is 0.376 e. The lowest BCUT2D eigenvalue weighted by Gasteiger charge is -2.19. The summed E-state index contributed by atoms with van der Waals surface area (Å²) in [4.78, 5) is 44.8. The van der Waals surface area contributed by atoms with Crippen LogP contribution in [0.2, 0.25) is 13.1 Å². The Morgan fingerprint density at radius 2 is 1.08 bits per heavy atom. The van der Waals surface area contributed by atoms with Crippen molar-refractivity contribution in [2.24, 2.45) is 0 Å². The van der Waals surface area contributed by atoms with E-state index >= 15 is 0 Å². The predicted octanol–water partition coefficient (Wildman–Crippen LogP) is 4.40. The third kappa shape index (κ3) is 7.82. The van der Waals surface area contributed by atoms with Gasteiger partial charge in [-0.1, -0.05) is 70.5 Å². The summed E-state index contributed by atoms with van der Waals surface area (Å²) >= 11 is 0. The molecule has 0 saturated heterocycles. The van der Waals surface area contributed by atoms with Gasteiger partial charge in [-0.2, -0.15) is 0 Å². The van der Waals surface area contributed by atoms with Crippen molar-refractivity contribution in [2.75, 3.05) is 13.2 Å². The molecule has 0 fully saturated rings. The Labute approximate surface area is 220 Å². The van der Waals surface area contributed by atoms with Crippen molar-refractivity contribution in [1.82, 2.24) is 0 Å². The van der Waals surface area contributed by atoms with Crippen LogP contribution in [0.25, 0.3) is 0 Å². The highest BCUT2D eigenvalue weighted by Gasteiger charge is 2.24. The first-order valence-electron chi connectivity index (χ1n) is 11.7. The summed E-state index contributed by atoms with van der Waals surface area (Å²) in [6.45, 7) is 21.7. The van der Waals surface area contributed by atoms with Crippen molar-refractivity contribution in [3.8, 4) is 0 Å². The molecule has 0 aliphatic carbocycles. The lowest BCUT2D eigenvalue weighted by atomic mass is 10.2. The summed E-state index contributed by atoms with van der Waals surface area (Å²) in [5, 5.41) is 2.10. The van der Waals surface area contributed by atoms with E-state index in [-0.39, 0.29) is 17.7 Å². The minimum Gasteiger partial charge on any atom is -0.376 e. The number of hydrogen-bond donors (Lipinski definition) is 0. The molecule has 0 aromatic heterocycles. The molecule has 2 aromatic carbocycles. The Bertz CT molecular complexity index is 1010. The molecule has 0 atom stereocenters. The molecule has 2 rings (SSSR count). The quantitative estimate of drug-likeness (QED) is 0.144. The van der Waals surface area contributed by atoms with Crippen molar-refractivity contribution in [2.45, 2.75) is 26.3 Å². The van der Waals surface area contributed by atoms with E-state index in [2.05, 4.69) is 39.4 Å². The second-order valence-electron chi connectivity index (χ2n) is 8.56. The van der Waals surface area contributed by atoms with Crippen LogP contribution in [0.1, 0.15) is 27.6 Å². The molecule has 0 aliphatic rings. The fourth-order valence-corrected chi connectivity index (χ4v) is 6.19. The van der Waals surface area contributed by atoms with Crippen LogP contribution in [0, 0.1) is 0 Å². The first-order valence-corrected chi connectivity index (χ1v) is 17.1. The van der Waals surface area contributed by atoms with E-state index in [4.69, 9.17) is 24.3 Å². The van der Waals surface area contributed by atoms with Crippen molar-refractivity contribution >= 4 is 38.5 Å². The van der Waals surface area contributed by atoms with Crippen molar-refractivity contribution in [3.05, 3.63) is 109 Å². The average molecular weight is 539 g/mol. The Kier molecular flexibility index (Phi) is 11.2. The first-order chi connectivity index (χ1) is 17.7. The van der Waals surface area contributed by atoms with Crippen LogP contribution in [-0.2, 0) is 24.3 Å². The number of carbonyl (C=O) groups is 2. The average Bonchev–Trinajstić information content (AvgIpc) is 2.95. The number of rotatable bonds is 15. The van der Waals surface area contributed by atoms with Crippen LogP contribution < -0.4 is 10.4 Å². The monoisotopic (exact) mass is 538 g/mol. The van der Waals surface area contributed by atoms with Crippen LogP contribution in [0.15, 0.2) is 97.6 Å². The molecule has 0 amide bonds. The van der Waals surface area contributed by atoms with E-state index in [0.717, 1.165) is 10.4 Å². The summed E-state index contributed by atoms with van der Waals surface area (Å²) in [6, 6.07) is 13.9. The third-order valence-electron chi connectivity index (χ3n) is 6.10. The summed E-state index contributed by atoms with van der Waals surface area (Å²) in [6.07, 6.45) is -1.29. The maximum Gasteiger partial charge on any atom is 0.373 e. The van der Waals surface area contributed by atoms with Gasteiger partial charge in [-0.25, -0.2) is 9.59 Å². The topological polar surface area (TPSA) is 80.3 Å². The smallest absolute Gasteiger partial charge is 0.373 e. The Morgan fingerprint density at radius 1 is 0.730 bits per heavy atom. The highest BCUT2D eigenvalue weighted by molar-refractivity contribution is 6.99. The minimum absolute atomic E-state index is 0.139. The maximum atomic E-state index is 12.5. The number of carbonyl (C=O) groups excluding carboxylic acids is 2. The zero-order chi connectivity index (χ0) is 27.5. The van der Waals surface area contributed by atoms with Gasteiger partial charge in [-0.05, 0) is 31.2 Å². The molecule has 37 heavy (non-hydrogen) atoms. The summed E-state index contributed by atoms with van der Waals surface area (Å²) in [5.74, 6) is -1.48. The zero-order valence-electron chi connectivity index (χ0n) is 21.6.